The second kappa shape index (κ2) is 5.79. The predicted molar refractivity (Wildman–Crippen MR) is 103 cm³/mol. The normalized spacial score (nSPS) is 12.9. The van der Waals surface area contributed by atoms with Crippen LogP contribution in [0.4, 0.5) is 0 Å². The van der Waals surface area contributed by atoms with Crippen molar-refractivity contribution in [2.75, 3.05) is 0 Å². The Labute approximate surface area is 144 Å². The number of fused-ring (bicyclic) bond motifs is 2. The van der Waals surface area contributed by atoms with Crippen LogP contribution in [0.5, 0.6) is 0 Å². The van der Waals surface area contributed by atoms with Gasteiger partial charge >= 0.3 is 0 Å². The summed E-state index contributed by atoms with van der Waals surface area (Å²) in [6.07, 6.45) is 3.38. The molecule has 0 bridgehead atoms. The molecule has 3 aromatic carbocycles. The van der Waals surface area contributed by atoms with Crippen molar-refractivity contribution in [2.45, 2.75) is 27.2 Å². The largest absolute Gasteiger partial charge is 0.0622 e. The molecule has 0 atom stereocenters. The van der Waals surface area contributed by atoms with Gasteiger partial charge in [0.05, 0.1) is 0 Å². The number of benzene rings is 3. The lowest BCUT2D eigenvalue weighted by atomic mass is 9.87. The van der Waals surface area contributed by atoms with E-state index >= 15 is 0 Å². The summed E-state index contributed by atoms with van der Waals surface area (Å²) in [5.74, 6) is 0. The lowest BCUT2D eigenvalue weighted by Gasteiger charge is -2.17. The zero-order valence-electron chi connectivity index (χ0n) is 14.6. The van der Waals surface area contributed by atoms with Gasteiger partial charge < -0.3 is 0 Å². The summed E-state index contributed by atoms with van der Waals surface area (Å²) in [5, 5.41) is 0. The smallest absolute Gasteiger partial charge is 0.00108 e. The van der Waals surface area contributed by atoms with Crippen LogP contribution in [-0.2, 0) is 6.42 Å². The van der Waals surface area contributed by atoms with Crippen LogP contribution in [-0.4, -0.2) is 0 Å². The van der Waals surface area contributed by atoms with E-state index < -0.39 is 0 Å². The van der Waals surface area contributed by atoms with Crippen molar-refractivity contribution >= 4 is 11.6 Å². The molecular formula is C24H22. The summed E-state index contributed by atoms with van der Waals surface area (Å²) in [5.41, 5.74) is 12.4. The molecule has 0 nitrogen and oxygen atoms in total. The summed E-state index contributed by atoms with van der Waals surface area (Å²) in [6, 6.07) is 22.1. The minimum Gasteiger partial charge on any atom is -0.0622 e. The van der Waals surface area contributed by atoms with Gasteiger partial charge in [-0.3, -0.25) is 0 Å². The van der Waals surface area contributed by atoms with Crippen LogP contribution in [0.3, 0.4) is 0 Å². The Bertz CT molecular complexity index is 943. The van der Waals surface area contributed by atoms with Crippen molar-refractivity contribution in [1.82, 2.24) is 0 Å². The van der Waals surface area contributed by atoms with E-state index in [4.69, 9.17) is 0 Å². The van der Waals surface area contributed by atoms with Crippen LogP contribution < -0.4 is 0 Å². The molecule has 0 heteroatoms. The van der Waals surface area contributed by atoms with Gasteiger partial charge in [-0.2, -0.15) is 0 Å². The van der Waals surface area contributed by atoms with Crippen molar-refractivity contribution in [1.29, 1.82) is 0 Å². The summed E-state index contributed by atoms with van der Waals surface area (Å²) >= 11 is 0. The molecule has 0 aromatic heterocycles. The Morgan fingerprint density at radius 1 is 0.750 bits per heavy atom. The van der Waals surface area contributed by atoms with E-state index in [-0.39, 0.29) is 0 Å². The third-order valence-corrected chi connectivity index (χ3v) is 5.08. The summed E-state index contributed by atoms with van der Waals surface area (Å²) in [4.78, 5) is 0. The van der Waals surface area contributed by atoms with Gasteiger partial charge in [0.2, 0.25) is 0 Å². The lowest BCUT2D eigenvalue weighted by Crippen LogP contribution is -2.00. The fraction of sp³-hybridized carbons (Fsp3) is 0.167. The lowest BCUT2D eigenvalue weighted by molar-refractivity contribution is 1.13. The average molecular weight is 310 g/mol. The summed E-state index contributed by atoms with van der Waals surface area (Å²) in [6.45, 7) is 6.65. The third-order valence-electron chi connectivity index (χ3n) is 5.08. The van der Waals surface area contributed by atoms with Crippen LogP contribution in [0.2, 0.25) is 0 Å². The molecule has 1 aliphatic rings. The second-order valence-corrected chi connectivity index (χ2v) is 6.86. The van der Waals surface area contributed by atoms with Gasteiger partial charge in [0, 0.05) is 0 Å². The van der Waals surface area contributed by atoms with E-state index in [9.17, 15) is 0 Å². The highest BCUT2D eigenvalue weighted by atomic mass is 14.2. The molecule has 1 aliphatic carbocycles. The minimum absolute atomic E-state index is 1.01. The first-order valence-electron chi connectivity index (χ1n) is 8.59. The first-order chi connectivity index (χ1) is 11.6. The van der Waals surface area contributed by atoms with Gasteiger partial charge in [-0.05, 0) is 77.8 Å². The van der Waals surface area contributed by atoms with E-state index in [1.54, 1.807) is 0 Å². The van der Waals surface area contributed by atoms with Crippen molar-refractivity contribution in [3.63, 3.8) is 0 Å². The monoisotopic (exact) mass is 310 g/mol. The van der Waals surface area contributed by atoms with Crippen LogP contribution in [0, 0.1) is 20.8 Å². The highest BCUT2D eigenvalue weighted by molar-refractivity contribution is 5.95. The molecule has 0 saturated carbocycles. The van der Waals surface area contributed by atoms with E-state index in [1.807, 2.05) is 0 Å². The standard InChI is InChI=1S/C24H22/c1-16-9-12-20-14-23(19-7-5-4-6-8-19)24-18(3)11-10-17(2)22(24)15-21(20)13-16/h4-14H,15H2,1-3H3. The molecule has 24 heavy (non-hydrogen) atoms. The highest BCUT2D eigenvalue weighted by Crippen LogP contribution is 2.37. The first-order valence-corrected chi connectivity index (χ1v) is 8.59. The molecule has 0 N–H and O–H groups in total. The van der Waals surface area contributed by atoms with Gasteiger partial charge in [0.15, 0.2) is 0 Å². The van der Waals surface area contributed by atoms with Gasteiger partial charge in [-0.15, -0.1) is 0 Å². The Kier molecular flexibility index (Phi) is 3.61. The molecule has 0 spiro atoms. The third kappa shape index (κ3) is 2.49. The summed E-state index contributed by atoms with van der Waals surface area (Å²) in [7, 11) is 0. The average Bonchev–Trinajstić information content (AvgIpc) is 2.76. The minimum atomic E-state index is 1.01. The zero-order chi connectivity index (χ0) is 16.7. The van der Waals surface area contributed by atoms with Gasteiger partial charge in [0.25, 0.3) is 0 Å². The molecule has 3 aromatic rings. The Morgan fingerprint density at radius 2 is 1.50 bits per heavy atom. The number of aryl methyl sites for hydroxylation is 3. The van der Waals surface area contributed by atoms with Crippen LogP contribution >= 0.6 is 0 Å². The number of rotatable bonds is 1. The van der Waals surface area contributed by atoms with Crippen LogP contribution in [0.25, 0.3) is 11.6 Å². The molecule has 118 valence electrons. The maximum Gasteiger partial charge on any atom is -0.00108 e. The molecule has 0 aliphatic heterocycles. The van der Waals surface area contributed by atoms with Crippen molar-refractivity contribution in [3.05, 3.63) is 105 Å². The second-order valence-electron chi connectivity index (χ2n) is 6.86. The molecule has 0 fully saturated rings. The molecule has 0 radical (unpaired) electrons. The van der Waals surface area contributed by atoms with E-state index in [2.05, 4.69) is 87.5 Å². The van der Waals surface area contributed by atoms with E-state index in [0.29, 0.717) is 0 Å². The predicted octanol–water partition coefficient (Wildman–Crippen LogP) is 6.10. The van der Waals surface area contributed by atoms with E-state index in [1.165, 1.54) is 50.1 Å². The van der Waals surface area contributed by atoms with Gasteiger partial charge in [-0.1, -0.05) is 66.2 Å². The van der Waals surface area contributed by atoms with Crippen molar-refractivity contribution < 1.29 is 0 Å². The van der Waals surface area contributed by atoms with Crippen molar-refractivity contribution in [3.8, 4) is 0 Å². The van der Waals surface area contributed by atoms with Crippen molar-refractivity contribution in [2.24, 2.45) is 0 Å². The maximum atomic E-state index is 2.38. The fourth-order valence-corrected chi connectivity index (χ4v) is 3.76. The molecule has 0 saturated heterocycles. The first kappa shape index (κ1) is 15.0. The molecular weight excluding hydrogens is 288 g/mol. The molecule has 0 heterocycles. The van der Waals surface area contributed by atoms with Gasteiger partial charge in [0.1, 0.15) is 0 Å². The molecule has 4 rings (SSSR count). The fourth-order valence-electron chi connectivity index (χ4n) is 3.76. The Balaban J connectivity index is 2.07. The van der Waals surface area contributed by atoms with Crippen LogP contribution in [0.15, 0.2) is 60.7 Å². The Hall–Kier alpha value is -2.60. The SMILES string of the molecule is Cc1ccc2c(c1)Cc1c(C)ccc(C)c1C(c1ccccc1)=C2. The Morgan fingerprint density at radius 3 is 2.29 bits per heavy atom. The molecule has 0 amide bonds. The van der Waals surface area contributed by atoms with E-state index in [0.717, 1.165) is 6.42 Å². The summed E-state index contributed by atoms with van der Waals surface area (Å²) < 4.78 is 0. The quantitative estimate of drug-likeness (QED) is 0.398. The van der Waals surface area contributed by atoms with Gasteiger partial charge in [-0.25, -0.2) is 0 Å². The topological polar surface area (TPSA) is 0 Å². The zero-order valence-corrected chi connectivity index (χ0v) is 14.6. The number of hydrogen-bond donors (Lipinski definition) is 0. The highest BCUT2D eigenvalue weighted by Gasteiger charge is 2.19. The maximum absolute atomic E-state index is 2.38. The molecule has 0 unspecified atom stereocenters. The number of hydrogen-bond acceptors (Lipinski definition) is 0. The van der Waals surface area contributed by atoms with Crippen LogP contribution in [0.1, 0.15) is 44.5 Å².